The van der Waals surface area contributed by atoms with Crippen molar-refractivity contribution >= 4 is 11.9 Å². The molecule has 0 radical (unpaired) electrons. The molecule has 1 saturated heterocycles. The second kappa shape index (κ2) is 7.49. The molecule has 0 aromatic heterocycles. The van der Waals surface area contributed by atoms with Crippen LogP contribution in [0.15, 0.2) is 18.2 Å². The van der Waals surface area contributed by atoms with Gasteiger partial charge < -0.3 is 24.2 Å². The number of aromatic hydroxyl groups is 1. The van der Waals surface area contributed by atoms with E-state index >= 15 is 0 Å². The van der Waals surface area contributed by atoms with Crippen molar-refractivity contribution < 1.29 is 28.9 Å². The minimum Gasteiger partial charge on any atom is -0.504 e. The molecule has 7 heteroatoms. The molecule has 2 aliphatic carbocycles. The Morgan fingerprint density at radius 1 is 1.30 bits per heavy atom. The number of benzene rings is 1. The Kier molecular flexibility index (Phi) is 5.05. The van der Waals surface area contributed by atoms with Gasteiger partial charge in [-0.05, 0) is 76.9 Å². The van der Waals surface area contributed by atoms with Gasteiger partial charge in [0, 0.05) is 36.3 Å². The van der Waals surface area contributed by atoms with E-state index in [2.05, 4.69) is 18.0 Å². The van der Waals surface area contributed by atoms with E-state index in [-0.39, 0.29) is 47.6 Å². The van der Waals surface area contributed by atoms with Crippen LogP contribution in [-0.4, -0.2) is 59.4 Å². The highest BCUT2D eigenvalue weighted by atomic mass is 16.6. The summed E-state index contributed by atoms with van der Waals surface area (Å²) in [6.07, 6.45) is 5.71. The van der Waals surface area contributed by atoms with Crippen LogP contribution in [0.25, 0.3) is 0 Å². The van der Waals surface area contributed by atoms with Gasteiger partial charge in [-0.25, -0.2) is 0 Å². The summed E-state index contributed by atoms with van der Waals surface area (Å²) < 4.78 is 17.6. The van der Waals surface area contributed by atoms with Crippen LogP contribution in [0.3, 0.4) is 0 Å². The van der Waals surface area contributed by atoms with Crippen LogP contribution in [0.1, 0.15) is 57.2 Å². The molecule has 2 heterocycles. The molecule has 178 valence electrons. The van der Waals surface area contributed by atoms with Crippen LogP contribution < -0.4 is 4.74 Å². The molecular formula is C26H33NO6. The molecule has 2 aliphatic heterocycles. The number of hydrogen-bond acceptors (Lipinski definition) is 7. The predicted octanol–water partition coefficient (Wildman–Crippen LogP) is 3.04. The molecule has 4 aliphatic rings. The summed E-state index contributed by atoms with van der Waals surface area (Å²) in [5.74, 6) is 0.229. The van der Waals surface area contributed by atoms with E-state index in [0.717, 1.165) is 30.5 Å². The van der Waals surface area contributed by atoms with Crippen LogP contribution in [0.5, 0.6) is 11.5 Å². The molecule has 1 fully saturated rings. The fourth-order valence-electron chi connectivity index (χ4n) is 6.52. The molecule has 33 heavy (non-hydrogen) atoms. The first-order chi connectivity index (χ1) is 15.5. The lowest BCUT2D eigenvalue weighted by atomic mass is 9.53. The van der Waals surface area contributed by atoms with E-state index in [9.17, 15) is 14.7 Å². The van der Waals surface area contributed by atoms with Crippen molar-refractivity contribution in [2.75, 3.05) is 13.6 Å². The molecule has 5 atom stereocenters. The summed E-state index contributed by atoms with van der Waals surface area (Å²) in [7, 11) is 2.15. The Morgan fingerprint density at radius 3 is 2.76 bits per heavy atom. The molecule has 5 unspecified atom stereocenters. The quantitative estimate of drug-likeness (QED) is 0.552. The third-order valence-electron chi connectivity index (χ3n) is 7.67. The number of ether oxygens (including phenoxy) is 3. The molecule has 7 nitrogen and oxygen atoms in total. The van der Waals surface area contributed by atoms with Gasteiger partial charge in [-0.1, -0.05) is 6.08 Å². The van der Waals surface area contributed by atoms with Crippen LogP contribution in [-0.2, 0) is 37.3 Å². The van der Waals surface area contributed by atoms with Gasteiger partial charge in [-0.2, -0.15) is 0 Å². The number of likely N-dealkylation sites (N-methyl/N-ethyl adjacent to an activating group) is 1. The normalized spacial score (nSPS) is 31.5. The van der Waals surface area contributed by atoms with Crippen molar-refractivity contribution in [2.24, 2.45) is 5.92 Å². The number of aryl methyl sites for hydroxylation is 1. The summed E-state index contributed by atoms with van der Waals surface area (Å²) in [5, 5.41) is 11.0. The number of carbonyl (C=O) groups is 2. The fourth-order valence-corrected chi connectivity index (χ4v) is 6.52. The monoisotopic (exact) mass is 455 g/mol. The maximum atomic E-state index is 12.4. The van der Waals surface area contributed by atoms with E-state index in [0.29, 0.717) is 12.2 Å². The number of nitrogens with zero attached hydrogens (tertiary/aromatic N) is 1. The van der Waals surface area contributed by atoms with Gasteiger partial charge in [0.2, 0.25) is 0 Å². The van der Waals surface area contributed by atoms with E-state index in [1.807, 2.05) is 26.8 Å². The minimum absolute atomic E-state index is 0.0921. The van der Waals surface area contributed by atoms with Crippen LogP contribution in [0.4, 0.5) is 0 Å². The number of rotatable bonds is 4. The average molecular weight is 456 g/mol. The summed E-state index contributed by atoms with van der Waals surface area (Å²) in [5.41, 5.74) is 2.31. The number of phenolic OH excluding ortho intramolecular Hbond substituents is 1. The lowest BCUT2D eigenvalue weighted by molar-refractivity contribution is -0.155. The molecule has 1 aromatic rings. The summed E-state index contributed by atoms with van der Waals surface area (Å²) in [6, 6.07) is 2.03. The molecule has 5 rings (SSSR count). The van der Waals surface area contributed by atoms with Crippen LogP contribution in [0.2, 0.25) is 0 Å². The summed E-state index contributed by atoms with van der Waals surface area (Å²) in [6.45, 7) is 7.90. The highest BCUT2D eigenvalue weighted by Crippen LogP contribution is 2.63. The van der Waals surface area contributed by atoms with Crippen molar-refractivity contribution in [1.29, 1.82) is 0 Å². The number of carbonyl (C=O) groups excluding carboxylic acids is 2. The Balaban J connectivity index is 1.57. The van der Waals surface area contributed by atoms with Gasteiger partial charge >= 0.3 is 11.9 Å². The zero-order chi connectivity index (χ0) is 23.7. The lowest BCUT2D eigenvalue weighted by Gasteiger charge is -2.56. The Labute approximate surface area is 194 Å². The molecule has 1 N–H and O–H groups in total. The standard InChI is InChI=1S/C26H33NO6/c1-14(28)31-20-8-7-17-18-13-16-15(6-9-21(30)33-25(2,3)4)12-19(29)23-22(16)26(17,24(20)32-23)10-11-27(18)5/h7-8,12,17-18,20,24,29H,6,9-11,13H2,1-5H3. The van der Waals surface area contributed by atoms with Crippen molar-refractivity contribution in [1.82, 2.24) is 4.90 Å². The van der Waals surface area contributed by atoms with Gasteiger partial charge in [-0.15, -0.1) is 0 Å². The highest BCUT2D eigenvalue weighted by molar-refractivity contribution is 5.71. The third kappa shape index (κ3) is 3.43. The second-order valence-electron chi connectivity index (χ2n) is 10.9. The third-order valence-corrected chi connectivity index (χ3v) is 7.67. The summed E-state index contributed by atoms with van der Waals surface area (Å²) >= 11 is 0. The number of phenols is 1. The number of piperidine rings is 1. The maximum Gasteiger partial charge on any atom is 0.306 e. The van der Waals surface area contributed by atoms with E-state index < -0.39 is 11.7 Å². The van der Waals surface area contributed by atoms with Gasteiger partial charge in [0.15, 0.2) is 17.6 Å². The fraction of sp³-hybridized carbons (Fsp3) is 0.615. The van der Waals surface area contributed by atoms with Crippen molar-refractivity contribution in [3.05, 3.63) is 34.9 Å². The second-order valence-corrected chi connectivity index (χ2v) is 10.9. The molecular weight excluding hydrogens is 422 g/mol. The van der Waals surface area contributed by atoms with Gasteiger partial charge in [-0.3, -0.25) is 9.59 Å². The van der Waals surface area contributed by atoms with Crippen LogP contribution in [0, 0.1) is 5.92 Å². The largest absolute Gasteiger partial charge is 0.504 e. The Bertz CT molecular complexity index is 1040. The molecule has 0 saturated carbocycles. The van der Waals surface area contributed by atoms with Gasteiger partial charge in [0.05, 0.1) is 0 Å². The van der Waals surface area contributed by atoms with Crippen LogP contribution >= 0.6 is 0 Å². The van der Waals surface area contributed by atoms with Crippen molar-refractivity contribution in [3.8, 4) is 11.5 Å². The van der Waals surface area contributed by atoms with Gasteiger partial charge in [0.25, 0.3) is 0 Å². The first-order valence-corrected chi connectivity index (χ1v) is 11.8. The Morgan fingerprint density at radius 2 is 2.06 bits per heavy atom. The number of likely N-dealkylation sites (tertiary alicyclic amines) is 1. The first kappa shape index (κ1) is 22.3. The highest BCUT2D eigenvalue weighted by Gasteiger charge is 2.65. The maximum absolute atomic E-state index is 12.4. The molecule has 1 aromatic carbocycles. The van der Waals surface area contributed by atoms with Crippen molar-refractivity contribution in [2.45, 2.75) is 82.6 Å². The summed E-state index contributed by atoms with van der Waals surface area (Å²) in [4.78, 5) is 26.6. The van der Waals surface area contributed by atoms with E-state index in [4.69, 9.17) is 14.2 Å². The number of hydrogen-bond donors (Lipinski definition) is 1. The zero-order valence-corrected chi connectivity index (χ0v) is 20.0. The van der Waals surface area contributed by atoms with Crippen molar-refractivity contribution in [3.63, 3.8) is 0 Å². The predicted molar refractivity (Wildman–Crippen MR) is 121 cm³/mol. The minimum atomic E-state index is -0.529. The SMILES string of the molecule is CC(=O)OC1C=CC2C3Cc4c(CCC(=O)OC(C)(C)C)cc(O)c5c4C2(CCN3C)C1O5. The Hall–Kier alpha value is -2.54. The molecule has 1 spiro atoms. The van der Waals surface area contributed by atoms with E-state index in [1.54, 1.807) is 6.07 Å². The average Bonchev–Trinajstić information content (AvgIpc) is 3.05. The van der Waals surface area contributed by atoms with Gasteiger partial charge in [0.1, 0.15) is 11.7 Å². The molecule has 2 bridgehead atoms. The van der Waals surface area contributed by atoms with E-state index in [1.165, 1.54) is 12.5 Å². The topological polar surface area (TPSA) is 85.3 Å². The first-order valence-electron chi connectivity index (χ1n) is 11.8. The smallest absolute Gasteiger partial charge is 0.306 e. The lowest BCUT2D eigenvalue weighted by Crippen LogP contribution is -2.65. The zero-order valence-electron chi connectivity index (χ0n) is 20.0. The number of esters is 2. The molecule has 0 amide bonds.